The molecular weight excluding hydrogens is 213 g/mol. The fourth-order valence-electron chi connectivity index (χ4n) is 2.44. The lowest BCUT2D eigenvalue weighted by Crippen LogP contribution is -2.27. The Bertz CT molecular complexity index is 386. The van der Waals surface area contributed by atoms with Crippen molar-refractivity contribution in [1.29, 1.82) is 0 Å². The summed E-state index contributed by atoms with van der Waals surface area (Å²) in [5.74, 6) is 0.430. The molecule has 17 heavy (non-hydrogen) atoms. The highest BCUT2D eigenvalue weighted by molar-refractivity contribution is 5.32. The Balaban J connectivity index is 2.31. The first-order chi connectivity index (χ1) is 7.97. The zero-order valence-corrected chi connectivity index (χ0v) is 11.0. The van der Waals surface area contributed by atoms with Crippen LogP contribution in [0.1, 0.15) is 50.7 Å². The SMILES string of the molecule is CC(C)(C)c1cc(F)cc(C2CCNCC2)c1. The van der Waals surface area contributed by atoms with Crippen molar-refractivity contribution < 1.29 is 4.39 Å². The zero-order chi connectivity index (χ0) is 12.5. The van der Waals surface area contributed by atoms with Gasteiger partial charge in [0.2, 0.25) is 0 Å². The lowest BCUT2D eigenvalue weighted by atomic mass is 9.82. The maximum absolute atomic E-state index is 13.7. The van der Waals surface area contributed by atoms with Crippen molar-refractivity contribution in [1.82, 2.24) is 5.32 Å². The smallest absolute Gasteiger partial charge is 0.123 e. The molecule has 1 heterocycles. The van der Waals surface area contributed by atoms with Gasteiger partial charge in [-0.3, -0.25) is 0 Å². The van der Waals surface area contributed by atoms with E-state index in [1.807, 2.05) is 0 Å². The van der Waals surface area contributed by atoms with Gasteiger partial charge in [0.15, 0.2) is 0 Å². The first-order valence-electron chi connectivity index (χ1n) is 6.48. The summed E-state index contributed by atoms with van der Waals surface area (Å²) in [5, 5.41) is 3.35. The van der Waals surface area contributed by atoms with Crippen LogP contribution in [0, 0.1) is 5.82 Å². The van der Waals surface area contributed by atoms with Crippen LogP contribution in [0.5, 0.6) is 0 Å². The van der Waals surface area contributed by atoms with E-state index in [4.69, 9.17) is 0 Å². The predicted molar refractivity (Wildman–Crippen MR) is 69.9 cm³/mol. The maximum Gasteiger partial charge on any atom is 0.123 e. The molecule has 2 rings (SSSR count). The molecule has 0 spiro atoms. The Morgan fingerprint density at radius 3 is 2.35 bits per heavy atom. The molecule has 0 aromatic heterocycles. The Kier molecular flexibility index (Phi) is 3.53. The van der Waals surface area contributed by atoms with Crippen LogP contribution >= 0.6 is 0 Å². The largest absolute Gasteiger partial charge is 0.317 e. The minimum absolute atomic E-state index is 0.0176. The number of nitrogens with one attached hydrogen (secondary N) is 1. The number of benzene rings is 1. The van der Waals surface area contributed by atoms with Crippen molar-refractivity contribution in [3.05, 3.63) is 35.1 Å². The third kappa shape index (κ3) is 3.06. The normalized spacial score (nSPS) is 18.4. The van der Waals surface area contributed by atoms with Gasteiger partial charge in [0.1, 0.15) is 5.82 Å². The van der Waals surface area contributed by atoms with E-state index in [0.29, 0.717) is 5.92 Å². The fourth-order valence-corrected chi connectivity index (χ4v) is 2.44. The van der Waals surface area contributed by atoms with Gasteiger partial charge in [0, 0.05) is 0 Å². The number of halogens is 1. The molecule has 1 aromatic rings. The second-order valence-corrected chi connectivity index (χ2v) is 6.05. The molecule has 1 N–H and O–H groups in total. The summed E-state index contributed by atoms with van der Waals surface area (Å²) in [4.78, 5) is 0. The molecular formula is C15H22FN. The Hall–Kier alpha value is -0.890. The highest BCUT2D eigenvalue weighted by atomic mass is 19.1. The summed E-state index contributed by atoms with van der Waals surface area (Å²) in [5.41, 5.74) is 2.30. The average molecular weight is 235 g/mol. The third-order valence-corrected chi connectivity index (χ3v) is 3.60. The second-order valence-electron chi connectivity index (χ2n) is 6.05. The monoisotopic (exact) mass is 235 g/mol. The van der Waals surface area contributed by atoms with Crippen molar-refractivity contribution in [2.24, 2.45) is 0 Å². The molecule has 0 aliphatic carbocycles. The summed E-state index contributed by atoms with van der Waals surface area (Å²) in [6.07, 6.45) is 2.24. The summed E-state index contributed by atoms with van der Waals surface area (Å²) >= 11 is 0. The Morgan fingerprint density at radius 2 is 1.76 bits per heavy atom. The highest BCUT2D eigenvalue weighted by Crippen LogP contribution is 2.30. The molecule has 0 radical (unpaired) electrons. The van der Waals surface area contributed by atoms with E-state index in [9.17, 15) is 4.39 Å². The topological polar surface area (TPSA) is 12.0 Å². The molecule has 0 unspecified atom stereocenters. The molecule has 1 aromatic carbocycles. The van der Waals surface area contributed by atoms with Crippen LogP contribution in [0.2, 0.25) is 0 Å². The van der Waals surface area contributed by atoms with E-state index in [1.54, 1.807) is 12.1 Å². The number of rotatable bonds is 1. The third-order valence-electron chi connectivity index (χ3n) is 3.60. The van der Waals surface area contributed by atoms with Gasteiger partial charge >= 0.3 is 0 Å². The minimum atomic E-state index is -0.0917. The quantitative estimate of drug-likeness (QED) is 0.784. The highest BCUT2D eigenvalue weighted by Gasteiger charge is 2.20. The second kappa shape index (κ2) is 4.77. The van der Waals surface area contributed by atoms with Crippen molar-refractivity contribution in [2.45, 2.75) is 44.9 Å². The molecule has 0 saturated carbocycles. The van der Waals surface area contributed by atoms with Crippen molar-refractivity contribution in [3.63, 3.8) is 0 Å². The van der Waals surface area contributed by atoms with Crippen molar-refractivity contribution in [3.8, 4) is 0 Å². The molecule has 1 fully saturated rings. The number of piperidine rings is 1. The summed E-state index contributed by atoms with van der Waals surface area (Å²) in [6, 6.07) is 5.58. The van der Waals surface area contributed by atoms with E-state index < -0.39 is 0 Å². The summed E-state index contributed by atoms with van der Waals surface area (Å²) < 4.78 is 13.7. The standard InChI is InChI=1S/C15H22FN/c1-15(2,3)13-8-12(9-14(16)10-13)11-4-6-17-7-5-11/h8-11,17H,4-7H2,1-3H3. The molecule has 1 saturated heterocycles. The van der Waals surface area contributed by atoms with Gasteiger partial charge in [-0.15, -0.1) is 0 Å². The molecule has 0 amide bonds. The predicted octanol–water partition coefficient (Wildman–Crippen LogP) is 3.59. The fraction of sp³-hybridized carbons (Fsp3) is 0.600. The van der Waals surface area contributed by atoms with E-state index in [0.717, 1.165) is 31.5 Å². The number of hydrogen-bond acceptors (Lipinski definition) is 1. The minimum Gasteiger partial charge on any atom is -0.317 e. The lowest BCUT2D eigenvalue weighted by molar-refractivity contribution is 0.457. The molecule has 1 aliphatic heterocycles. The van der Waals surface area contributed by atoms with Crippen LogP contribution in [0.15, 0.2) is 18.2 Å². The molecule has 1 nitrogen and oxygen atoms in total. The van der Waals surface area contributed by atoms with Crippen LogP contribution in [0.3, 0.4) is 0 Å². The van der Waals surface area contributed by atoms with Gasteiger partial charge in [0.25, 0.3) is 0 Å². The zero-order valence-electron chi connectivity index (χ0n) is 11.0. The number of hydrogen-bond donors (Lipinski definition) is 1. The van der Waals surface area contributed by atoms with Gasteiger partial charge < -0.3 is 5.32 Å². The van der Waals surface area contributed by atoms with Crippen LogP contribution in [-0.4, -0.2) is 13.1 Å². The molecule has 94 valence electrons. The summed E-state index contributed by atoms with van der Waals surface area (Å²) in [7, 11) is 0. The van der Waals surface area contributed by atoms with Crippen LogP contribution < -0.4 is 5.32 Å². The van der Waals surface area contributed by atoms with Crippen molar-refractivity contribution >= 4 is 0 Å². The summed E-state index contributed by atoms with van der Waals surface area (Å²) in [6.45, 7) is 8.49. The molecule has 0 atom stereocenters. The van der Waals surface area contributed by atoms with Gasteiger partial charge in [0.05, 0.1) is 0 Å². The first-order valence-corrected chi connectivity index (χ1v) is 6.48. The van der Waals surface area contributed by atoms with Crippen LogP contribution in [0.25, 0.3) is 0 Å². The van der Waals surface area contributed by atoms with E-state index >= 15 is 0 Å². The van der Waals surface area contributed by atoms with Gasteiger partial charge in [-0.25, -0.2) is 4.39 Å². The Labute approximate surface area is 103 Å². The molecule has 2 heteroatoms. The van der Waals surface area contributed by atoms with Crippen LogP contribution in [-0.2, 0) is 5.41 Å². The maximum atomic E-state index is 13.7. The van der Waals surface area contributed by atoms with Crippen molar-refractivity contribution in [2.75, 3.05) is 13.1 Å². The van der Waals surface area contributed by atoms with E-state index in [1.165, 1.54) is 5.56 Å². The van der Waals surface area contributed by atoms with Crippen LogP contribution in [0.4, 0.5) is 4.39 Å². The van der Waals surface area contributed by atoms with Gasteiger partial charge in [-0.2, -0.15) is 0 Å². The molecule has 0 bridgehead atoms. The molecule has 1 aliphatic rings. The average Bonchev–Trinajstić information content (AvgIpc) is 2.28. The first kappa shape index (κ1) is 12.6. The van der Waals surface area contributed by atoms with E-state index in [-0.39, 0.29) is 11.2 Å². The van der Waals surface area contributed by atoms with E-state index in [2.05, 4.69) is 32.2 Å². The Morgan fingerprint density at radius 1 is 1.12 bits per heavy atom. The van der Waals surface area contributed by atoms with Gasteiger partial charge in [-0.05, 0) is 60.5 Å². The van der Waals surface area contributed by atoms with Gasteiger partial charge in [-0.1, -0.05) is 26.8 Å². The lowest BCUT2D eigenvalue weighted by Gasteiger charge is -2.26.